The van der Waals surface area contributed by atoms with Crippen molar-refractivity contribution in [2.75, 3.05) is 18.4 Å². The van der Waals surface area contributed by atoms with E-state index in [1.54, 1.807) is 35.9 Å². The molecule has 0 atom stereocenters. The summed E-state index contributed by atoms with van der Waals surface area (Å²) >= 11 is 18.3. The van der Waals surface area contributed by atoms with Gasteiger partial charge in [-0.15, -0.1) is 0 Å². The van der Waals surface area contributed by atoms with E-state index in [9.17, 15) is 19.7 Å². The minimum absolute atomic E-state index is 0.0628. The van der Waals surface area contributed by atoms with Gasteiger partial charge in [0.15, 0.2) is 0 Å². The predicted molar refractivity (Wildman–Crippen MR) is 141 cm³/mol. The van der Waals surface area contributed by atoms with Crippen molar-refractivity contribution >= 4 is 58.1 Å². The first-order valence-electron chi connectivity index (χ1n) is 10.9. The molecule has 1 aromatic heterocycles. The Morgan fingerprint density at radius 1 is 1.06 bits per heavy atom. The first kappa shape index (κ1) is 27.4. The third-order valence-corrected chi connectivity index (χ3v) is 6.34. The number of rotatable bonds is 7. The molecular weight excluding hydrogens is 529 g/mol. The van der Waals surface area contributed by atoms with Gasteiger partial charge < -0.3 is 10.2 Å². The van der Waals surface area contributed by atoms with E-state index in [0.717, 1.165) is 11.8 Å². The minimum Gasteiger partial charge on any atom is -0.330 e. The minimum atomic E-state index is -0.603. The molecule has 0 aliphatic rings. The maximum Gasteiger partial charge on any atom is 0.270 e. The lowest BCUT2D eigenvalue weighted by molar-refractivity contribution is -0.384. The Hall–Kier alpha value is -3.14. The monoisotopic (exact) mass is 551 g/mol. The first-order chi connectivity index (χ1) is 16.8. The van der Waals surface area contributed by atoms with E-state index in [4.69, 9.17) is 34.8 Å². The predicted octanol–water partition coefficient (Wildman–Crippen LogP) is 6.14. The number of nitro benzene ring substituents is 1. The highest BCUT2D eigenvalue weighted by Gasteiger charge is 2.24. The zero-order valence-electron chi connectivity index (χ0n) is 20.0. The van der Waals surface area contributed by atoms with Crippen LogP contribution < -0.4 is 5.32 Å². The summed E-state index contributed by atoms with van der Waals surface area (Å²) in [5, 5.41) is 19.1. The summed E-state index contributed by atoms with van der Waals surface area (Å²) in [6.45, 7) is 7.61. The van der Waals surface area contributed by atoms with Crippen LogP contribution in [0.25, 0.3) is 5.69 Å². The number of carbonyl (C=O) groups excluding carboxylic acids is 2. The summed E-state index contributed by atoms with van der Waals surface area (Å²) in [6.07, 6.45) is 0. The van der Waals surface area contributed by atoms with Crippen LogP contribution in [-0.2, 0) is 10.2 Å². The zero-order chi connectivity index (χ0) is 26.8. The van der Waals surface area contributed by atoms with Crippen molar-refractivity contribution in [2.45, 2.75) is 33.1 Å². The molecule has 3 aromatic rings. The van der Waals surface area contributed by atoms with Gasteiger partial charge in [-0.2, -0.15) is 5.10 Å². The number of nitrogens with one attached hydrogen (secondary N) is 1. The quantitative estimate of drug-likeness (QED) is 0.280. The fourth-order valence-electron chi connectivity index (χ4n) is 3.29. The number of anilines is 1. The Kier molecular flexibility index (Phi) is 8.28. The molecule has 12 heteroatoms. The van der Waals surface area contributed by atoms with Gasteiger partial charge in [0.25, 0.3) is 11.6 Å². The first-order valence-corrected chi connectivity index (χ1v) is 12.0. The fourth-order valence-corrected chi connectivity index (χ4v) is 3.84. The van der Waals surface area contributed by atoms with Crippen LogP contribution >= 0.6 is 34.8 Å². The lowest BCUT2D eigenvalue weighted by atomic mass is 9.92. The van der Waals surface area contributed by atoms with Crippen LogP contribution in [-0.4, -0.2) is 44.5 Å². The van der Waals surface area contributed by atoms with Crippen molar-refractivity contribution in [3.05, 3.63) is 78.9 Å². The lowest BCUT2D eigenvalue weighted by Crippen LogP contribution is -2.38. The van der Waals surface area contributed by atoms with Crippen LogP contribution in [0.1, 0.15) is 43.7 Å². The highest BCUT2D eigenvalue weighted by Crippen LogP contribution is 2.30. The summed E-state index contributed by atoms with van der Waals surface area (Å²) < 4.78 is 1.55. The SMILES string of the molecule is CCN(CC(=O)Nc1cc(C(C)(C)C)nn1-c1ccc(Cl)c(Cl)c1)C(=O)c1ccc([N+](=O)[O-])cc1Cl. The molecular formula is C24H24Cl3N5O4. The number of nitrogens with zero attached hydrogens (tertiary/aromatic N) is 4. The molecule has 1 heterocycles. The molecule has 1 N–H and O–H groups in total. The number of aromatic nitrogens is 2. The molecule has 0 fully saturated rings. The molecule has 3 rings (SSSR count). The second-order valence-electron chi connectivity index (χ2n) is 8.96. The number of carbonyl (C=O) groups is 2. The van der Waals surface area contributed by atoms with Gasteiger partial charge in [-0.3, -0.25) is 19.7 Å². The van der Waals surface area contributed by atoms with Gasteiger partial charge in [0, 0.05) is 30.2 Å². The Bertz CT molecular complexity index is 1330. The smallest absolute Gasteiger partial charge is 0.270 e. The standard InChI is InChI=1S/C24H24Cl3N5O4/c1-5-30(23(34)16-8-6-15(32(35)36)11-18(16)26)13-22(33)28-21-12-20(24(2,3)4)29-31(21)14-7-9-17(25)19(27)10-14/h6-12H,5,13H2,1-4H3,(H,28,33). The molecule has 0 radical (unpaired) electrons. The van der Waals surface area contributed by atoms with E-state index < -0.39 is 16.7 Å². The fraction of sp³-hybridized carbons (Fsp3) is 0.292. The molecule has 2 amide bonds. The number of hydrogen-bond donors (Lipinski definition) is 1. The van der Waals surface area contributed by atoms with Crippen LogP contribution in [0, 0.1) is 10.1 Å². The Morgan fingerprint density at radius 2 is 1.75 bits per heavy atom. The number of non-ortho nitro benzene ring substituents is 1. The summed E-state index contributed by atoms with van der Waals surface area (Å²) in [4.78, 5) is 37.6. The summed E-state index contributed by atoms with van der Waals surface area (Å²) in [5.74, 6) is -0.606. The van der Waals surface area contributed by atoms with Crippen molar-refractivity contribution in [3.8, 4) is 5.69 Å². The second kappa shape index (κ2) is 10.9. The molecule has 0 bridgehead atoms. The number of likely N-dealkylation sites (N-methyl/N-ethyl adjacent to an activating group) is 1. The summed E-state index contributed by atoms with van der Waals surface area (Å²) in [6, 6.07) is 10.3. The lowest BCUT2D eigenvalue weighted by Gasteiger charge is -2.21. The summed E-state index contributed by atoms with van der Waals surface area (Å²) in [7, 11) is 0. The van der Waals surface area contributed by atoms with Gasteiger partial charge in [-0.25, -0.2) is 4.68 Å². The van der Waals surface area contributed by atoms with Crippen molar-refractivity contribution in [2.24, 2.45) is 0 Å². The van der Waals surface area contributed by atoms with Gasteiger partial charge in [0.05, 0.1) is 36.9 Å². The number of nitro groups is 1. The molecule has 0 saturated carbocycles. The number of amides is 2. The van der Waals surface area contributed by atoms with Crippen LogP contribution in [0.3, 0.4) is 0 Å². The molecule has 190 valence electrons. The van der Waals surface area contributed by atoms with Gasteiger partial charge in [-0.1, -0.05) is 55.6 Å². The van der Waals surface area contributed by atoms with Crippen molar-refractivity contribution in [3.63, 3.8) is 0 Å². The average Bonchev–Trinajstić information content (AvgIpc) is 3.23. The van der Waals surface area contributed by atoms with E-state index in [0.29, 0.717) is 21.6 Å². The van der Waals surface area contributed by atoms with Crippen molar-refractivity contribution in [1.29, 1.82) is 0 Å². The van der Waals surface area contributed by atoms with E-state index in [-0.39, 0.29) is 34.8 Å². The maximum atomic E-state index is 13.0. The molecule has 0 spiro atoms. The normalized spacial score (nSPS) is 11.3. The van der Waals surface area contributed by atoms with E-state index >= 15 is 0 Å². The van der Waals surface area contributed by atoms with Crippen molar-refractivity contribution in [1.82, 2.24) is 14.7 Å². The van der Waals surface area contributed by atoms with Crippen LogP contribution in [0.4, 0.5) is 11.5 Å². The average molecular weight is 553 g/mol. The van der Waals surface area contributed by atoms with Crippen molar-refractivity contribution < 1.29 is 14.5 Å². The summed E-state index contributed by atoms with van der Waals surface area (Å²) in [5.41, 5.74) is 0.843. The zero-order valence-corrected chi connectivity index (χ0v) is 22.3. The van der Waals surface area contributed by atoms with Crippen LogP contribution in [0.15, 0.2) is 42.5 Å². The third kappa shape index (κ3) is 6.16. The van der Waals surface area contributed by atoms with Gasteiger partial charge in [0.2, 0.25) is 5.91 Å². The van der Waals surface area contributed by atoms with Crippen LogP contribution in [0.2, 0.25) is 15.1 Å². The molecule has 0 saturated heterocycles. The Balaban J connectivity index is 1.86. The second-order valence-corrected chi connectivity index (χ2v) is 10.2. The topological polar surface area (TPSA) is 110 Å². The molecule has 36 heavy (non-hydrogen) atoms. The van der Waals surface area contributed by atoms with E-state index in [1.165, 1.54) is 17.0 Å². The largest absolute Gasteiger partial charge is 0.330 e. The number of halogens is 3. The Morgan fingerprint density at radius 3 is 2.31 bits per heavy atom. The number of hydrogen-bond acceptors (Lipinski definition) is 5. The molecule has 0 aliphatic heterocycles. The highest BCUT2D eigenvalue weighted by atomic mass is 35.5. The van der Waals surface area contributed by atoms with E-state index in [1.807, 2.05) is 20.8 Å². The number of benzene rings is 2. The maximum absolute atomic E-state index is 13.0. The highest BCUT2D eigenvalue weighted by molar-refractivity contribution is 6.42. The molecule has 9 nitrogen and oxygen atoms in total. The third-order valence-electron chi connectivity index (χ3n) is 5.29. The van der Waals surface area contributed by atoms with Gasteiger partial charge in [-0.05, 0) is 31.2 Å². The molecule has 0 unspecified atom stereocenters. The van der Waals surface area contributed by atoms with Gasteiger partial charge in [0.1, 0.15) is 12.4 Å². The Labute approximate surface area is 223 Å². The molecule has 0 aliphatic carbocycles. The van der Waals surface area contributed by atoms with Crippen LogP contribution in [0.5, 0.6) is 0 Å². The van der Waals surface area contributed by atoms with E-state index in [2.05, 4.69) is 10.4 Å². The molecule has 2 aromatic carbocycles. The van der Waals surface area contributed by atoms with Gasteiger partial charge >= 0.3 is 0 Å².